The Morgan fingerprint density at radius 3 is 2.57 bits per heavy atom. The van der Waals surface area contributed by atoms with Crippen molar-refractivity contribution in [3.8, 4) is 0 Å². The minimum absolute atomic E-state index is 0.0585. The molecule has 0 bridgehead atoms. The molecule has 0 heterocycles. The molecule has 0 radical (unpaired) electrons. The average Bonchev–Trinajstić information content (AvgIpc) is 2.20. The van der Waals surface area contributed by atoms with Crippen LogP contribution >= 0.6 is 0 Å². The molecular weight excluding hydrogens is 178 g/mol. The first-order chi connectivity index (χ1) is 6.69. The standard InChI is InChI=1S/C11H21NO2/c1-3-12(4-2)8-9-6-5-7-10(13)11(9)14/h9-10,13H,3-8H2,1-2H3. The molecule has 1 N–H and O–H groups in total. The first-order valence-corrected chi connectivity index (χ1v) is 5.63. The third-order valence-electron chi connectivity index (χ3n) is 3.13. The molecular formula is C11H21NO2. The third-order valence-corrected chi connectivity index (χ3v) is 3.13. The van der Waals surface area contributed by atoms with Gasteiger partial charge in [0.15, 0.2) is 5.78 Å². The van der Waals surface area contributed by atoms with Crippen LogP contribution in [0.5, 0.6) is 0 Å². The van der Waals surface area contributed by atoms with Crippen molar-refractivity contribution in [2.24, 2.45) is 5.92 Å². The van der Waals surface area contributed by atoms with E-state index in [1.807, 2.05) is 0 Å². The Labute approximate surface area is 86.1 Å². The number of Topliss-reactive ketones (excluding diaryl/α,β-unsaturated/α-hetero) is 1. The Balaban J connectivity index is 2.46. The topological polar surface area (TPSA) is 40.5 Å². The van der Waals surface area contributed by atoms with Gasteiger partial charge in [0.1, 0.15) is 6.10 Å². The molecule has 3 heteroatoms. The number of hydrogen-bond acceptors (Lipinski definition) is 3. The lowest BCUT2D eigenvalue weighted by molar-refractivity contribution is -0.134. The monoisotopic (exact) mass is 199 g/mol. The van der Waals surface area contributed by atoms with Crippen molar-refractivity contribution in [3.63, 3.8) is 0 Å². The van der Waals surface area contributed by atoms with E-state index in [1.165, 1.54) is 0 Å². The molecule has 2 unspecified atom stereocenters. The van der Waals surface area contributed by atoms with Crippen LogP contribution in [0.2, 0.25) is 0 Å². The van der Waals surface area contributed by atoms with E-state index in [2.05, 4.69) is 18.7 Å². The first-order valence-electron chi connectivity index (χ1n) is 5.63. The molecule has 0 aromatic carbocycles. The molecule has 0 aromatic rings. The molecule has 0 aliphatic heterocycles. The van der Waals surface area contributed by atoms with Crippen LogP contribution in [0.1, 0.15) is 33.1 Å². The van der Waals surface area contributed by atoms with Crippen LogP contribution < -0.4 is 0 Å². The maximum atomic E-state index is 11.6. The van der Waals surface area contributed by atoms with Crippen molar-refractivity contribution in [1.82, 2.24) is 4.90 Å². The number of ketones is 1. The van der Waals surface area contributed by atoms with Gasteiger partial charge in [-0.05, 0) is 32.4 Å². The molecule has 1 aliphatic rings. The van der Waals surface area contributed by atoms with Crippen LogP contribution in [0.4, 0.5) is 0 Å². The summed E-state index contributed by atoms with van der Waals surface area (Å²) in [6.45, 7) is 7.00. The predicted octanol–water partition coefficient (Wildman–Crippen LogP) is 1.06. The van der Waals surface area contributed by atoms with Crippen LogP contribution in [0.25, 0.3) is 0 Å². The van der Waals surface area contributed by atoms with Gasteiger partial charge < -0.3 is 10.0 Å². The number of aliphatic hydroxyl groups excluding tert-OH is 1. The molecule has 82 valence electrons. The van der Waals surface area contributed by atoms with Crippen molar-refractivity contribution >= 4 is 5.78 Å². The lowest BCUT2D eigenvalue weighted by Crippen LogP contribution is -2.40. The second kappa shape index (κ2) is 5.47. The summed E-state index contributed by atoms with van der Waals surface area (Å²) in [6, 6.07) is 0. The highest BCUT2D eigenvalue weighted by Crippen LogP contribution is 2.21. The summed E-state index contributed by atoms with van der Waals surface area (Å²) in [4.78, 5) is 13.9. The van der Waals surface area contributed by atoms with E-state index in [9.17, 15) is 9.90 Å². The van der Waals surface area contributed by atoms with Crippen molar-refractivity contribution in [2.45, 2.75) is 39.2 Å². The van der Waals surface area contributed by atoms with Gasteiger partial charge in [0.05, 0.1) is 0 Å². The van der Waals surface area contributed by atoms with Gasteiger partial charge in [0.2, 0.25) is 0 Å². The van der Waals surface area contributed by atoms with E-state index < -0.39 is 6.10 Å². The molecule has 3 nitrogen and oxygen atoms in total. The van der Waals surface area contributed by atoms with Gasteiger partial charge in [-0.3, -0.25) is 4.79 Å². The van der Waals surface area contributed by atoms with Crippen LogP contribution in [0, 0.1) is 5.92 Å². The summed E-state index contributed by atoms with van der Waals surface area (Å²) < 4.78 is 0. The van der Waals surface area contributed by atoms with E-state index in [-0.39, 0.29) is 11.7 Å². The van der Waals surface area contributed by atoms with Gasteiger partial charge >= 0.3 is 0 Å². The zero-order valence-corrected chi connectivity index (χ0v) is 9.20. The van der Waals surface area contributed by atoms with Crippen molar-refractivity contribution < 1.29 is 9.90 Å². The summed E-state index contributed by atoms with van der Waals surface area (Å²) in [7, 11) is 0. The Morgan fingerprint density at radius 1 is 1.36 bits per heavy atom. The number of rotatable bonds is 4. The van der Waals surface area contributed by atoms with Crippen molar-refractivity contribution in [1.29, 1.82) is 0 Å². The van der Waals surface area contributed by atoms with E-state index in [0.717, 1.165) is 32.5 Å². The Morgan fingerprint density at radius 2 is 2.00 bits per heavy atom. The summed E-state index contributed by atoms with van der Waals surface area (Å²) in [5.74, 6) is 0.127. The minimum atomic E-state index is -0.690. The number of carbonyl (C=O) groups is 1. The van der Waals surface area contributed by atoms with Crippen LogP contribution in [-0.2, 0) is 4.79 Å². The fourth-order valence-electron chi connectivity index (χ4n) is 2.09. The van der Waals surface area contributed by atoms with Crippen molar-refractivity contribution in [3.05, 3.63) is 0 Å². The second-order valence-electron chi connectivity index (χ2n) is 4.03. The summed E-state index contributed by atoms with van der Waals surface area (Å²) in [5.41, 5.74) is 0. The van der Waals surface area contributed by atoms with Gasteiger partial charge in [-0.2, -0.15) is 0 Å². The fourth-order valence-corrected chi connectivity index (χ4v) is 2.09. The Hall–Kier alpha value is -0.410. The average molecular weight is 199 g/mol. The molecule has 0 spiro atoms. The molecule has 1 fully saturated rings. The van der Waals surface area contributed by atoms with Gasteiger partial charge in [0, 0.05) is 12.5 Å². The highest BCUT2D eigenvalue weighted by Gasteiger charge is 2.30. The van der Waals surface area contributed by atoms with E-state index in [4.69, 9.17) is 0 Å². The minimum Gasteiger partial charge on any atom is -0.385 e. The van der Waals surface area contributed by atoms with E-state index in [0.29, 0.717) is 6.42 Å². The lowest BCUT2D eigenvalue weighted by Gasteiger charge is -2.29. The molecule has 0 amide bonds. The largest absolute Gasteiger partial charge is 0.385 e. The molecule has 1 aliphatic carbocycles. The quantitative estimate of drug-likeness (QED) is 0.736. The van der Waals surface area contributed by atoms with E-state index in [1.54, 1.807) is 0 Å². The molecule has 2 atom stereocenters. The number of hydrogen-bond donors (Lipinski definition) is 1. The van der Waals surface area contributed by atoms with Crippen molar-refractivity contribution in [2.75, 3.05) is 19.6 Å². The fraction of sp³-hybridized carbons (Fsp3) is 0.909. The lowest BCUT2D eigenvalue weighted by atomic mass is 9.85. The summed E-state index contributed by atoms with van der Waals surface area (Å²) in [6.07, 6.45) is 1.91. The first kappa shape index (κ1) is 11.7. The SMILES string of the molecule is CCN(CC)CC1CCCC(O)C1=O. The van der Waals surface area contributed by atoms with E-state index >= 15 is 0 Å². The zero-order valence-electron chi connectivity index (χ0n) is 9.20. The van der Waals surface area contributed by atoms with Crippen LogP contribution in [-0.4, -0.2) is 41.5 Å². The molecule has 14 heavy (non-hydrogen) atoms. The number of aliphatic hydroxyl groups is 1. The Bertz CT molecular complexity index is 190. The maximum Gasteiger partial charge on any atom is 0.165 e. The predicted molar refractivity (Wildman–Crippen MR) is 56.1 cm³/mol. The molecule has 1 saturated carbocycles. The Kier molecular flexibility index (Phi) is 4.55. The maximum absolute atomic E-state index is 11.6. The summed E-state index contributed by atoms with van der Waals surface area (Å²) >= 11 is 0. The zero-order chi connectivity index (χ0) is 10.6. The molecule has 0 saturated heterocycles. The highest BCUT2D eigenvalue weighted by atomic mass is 16.3. The molecule has 0 aromatic heterocycles. The van der Waals surface area contributed by atoms with Crippen LogP contribution in [0.3, 0.4) is 0 Å². The number of nitrogens with zero attached hydrogens (tertiary/aromatic N) is 1. The molecule has 1 rings (SSSR count). The van der Waals surface area contributed by atoms with Gasteiger partial charge in [-0.15, -0.1) is 0 Å². The van der Waals surface area contributed by atoms with Gasteiger partial charge in [-0.1, -0.05) is 13.8 Å². The van der Waals surface area contributed by atoms with Gasteiger partial charge in [-0.25, -0.2) is 0 Å². The normalized spacial score (nSPS) is 28.4. The van der Waals surface area contributed by atoms with Gasteiger partial charge in [0.25, 0.3) is 0 Å². The highest BCUT2D eigenvalue weighted by molar-refractivity contribution is 5.86. The smallest absolute Gasteiger partial charge is 0.165 e. The second-order valence-corrected chi connectivity index (χ2v) is 4.03. The third kappa shape index (κ3) is 2.79. The number of carbonyl (C=O) groups excluding carboxylic acids is 1. The summed E-state index contributed by atoms with van der Waals surface area (Å²) in [5, 5.41) is 9.44. The van der Waals surface area contributed by atoms with Crippen LogP contribution in [0.15, 0.2) is 0 Å².